The van der Waals surface area contributed by atoms with Crippen LogP contribution >= 0.6 is 0 Å². The van der Waals surface area contributed by atoms with Crippen molar-refractivity contribution < 1.29 is 23.5 Å². The number of rotatable bonds is 9. The van der Waals surface area contributed by atoms with E-state index in [2.05, 4.69) is 10.3 Å². The van der Waals surface area contributed by atoms with Crippen molar-refractivity contribution >= 4 is 17.6 Å². The van der Waals surface area contributed by atoms with Gasteiger partial charge in [0.25, 0.3) is 6.43 Å². The molecule has 1 saturated carbocycles. The number of aryl methyl sites for hydroxylation is 1. The van der Waals surface area contributed by atoms with Crippen molar-refractivity contribution in [2.45, 2.75) is 57.8 Å². The maximum atomic E-state index is 13.6. The van der Waals surface area contributed by atoms with Crippen LogP contribution in [0.2, 0.25) is 0 Å². The lowest BCUT2D eigenvalue weighted by atomic mass is 9.83. The number of pyridine rings is 1. The van der Waals surface area contributed by atoms with Crippen LogP contribution in [-0.2, 0) is 16.0 Å². The summed E-state index contributed by atoms with van der Waals surface area (Å²) >= 11 is 0. The SMILES string of the molecule is Cc1c(CCC(=O)O)cccc1NC(=O)C(c1ccc(-c2cncc(C(F)F)c2)cc1)C1CCCC1. The molecule has 1 fully saturated rings. The number of carbonyl (C=O) groups excluding carboxylic acids is 1. The summed E-state index contributed by atoms with van der Waals surface area (Å²) in [6.45, 7) is 1.90. The Labute approximate surface area is 209 Å². The van der Waals surface area contributed by atoms with Crippen LogP contribution in [-0.4, -0.2) is 22.0 Å². The molecule has 1 unspecified atom stereocenters. The van der Waals surface area contributed by atoms with Crippen LogP contribution in [0.5, 0.6) is 0 Å². The predicted molar refractivity (Wildman–Crippen MR) is 135 cm³/mol. The highest BCUT2D eigenvalue weighted by Crippen LogP contribution is 2.39. The van der Waals surface area contributed by atoms with Gasteiger partial charge in [0.2, 0.25) is 5.91 Å². The molecule has 5 nitrogen and oxygen atoms in total. The number of benzene rings is 2. The number of hydrogen-bond donors (Lipinski definition) is 2. The lowest BCUT2D eigenvalue weighted by Crippen LogP contribution is -2.27. The molecule has 188 valence electrons. The van der Waals surface area contributed by atoms with Crippen LogP contribution in [0.1, 0.15) is 66.7 Å². The first-order chi connectivity index (χ1) is 17.3. The summed E-state index contributed by atoms with van der Waals surface area (Å²) in [6, 6.07) is 14.5. The molecule has 0 bridgehead atoms. The van der Waals surface area contributed by atoms with E-state index in [9.17, 15) is 18.4 Å². The predicted octanol–water partition coefficient (Wildman–Crippen LogP) is 6.92. The molecule has 3 aromatic rings. The zero-order valence-electron chi connectivity index (χ0n) is 20.2. The van der Waals surface area contributed by atoms with E-state index in [1.807, 2.05) is 49.4 Å². The molecule has 0 aliphatic heterocycles. The Bertz CT molecular complexity index is 1220. The van der Waals surface area contributed by atoms with Crippen LogP contribution in [0.15, 0.2) is 60.9 Å². The maximum Gasteiger partial charge on any atom is 0.303 e. The van der Waals surface area contributed by atoms with Crippen molar-refractivity contribution in [3.63, 3.8) is 0 Å². The molecule has 0 spiro atoms. The van der Waals surface area contributed by atoms with Crippen LogP contribution in [0, 0.1) is 12.8 Å². The Balaban J connectivity index is 1.58. The molecule has 1 aliphatic rings. The summed E-state index contributed by atoms with van der Waals surface area (Å²) in [5.41, 5.74) is 4.60. The number of carboxylic acid groups (broad SMARTS) is 1. The third-order valence-electron chi connectivity index (χ3n) is 7.08. The first-order valence-corrected chi connectivity index (χ1v) is 12.3. The summed E-state index contributed by atoms with van der Waals surface area (Å²) in [5.74, 6) is -1.07. The Hall–Kier alpha value is -3.61. The number of halogens is 2. The van der Waals surface area contributed by atoms with Gasteiger partial charge in [-0.1, -0.05) is 49.2 Å². The lowest BCUT2D eigenvalue weighted by Gasteiger charge is -2.24. The minimum atomic E-state index is -2.58. The molecule has 2 aromatic carbocycles. The van der Waals surface area contributed by atoms with E-state index in [0.717, 1.165) is 47.9 Å². The van der Waals surface area contributed by atoms with Gasteiger partial charge < -0.3 is 10.4 Å². The Morgan fingerprint density at radius 3 is 2.42 bits per heavy atom. The smallest absolute Gasteiger partial charge is 0.303 e. The lowest BCUT2D eigenvalue weighted by molar-refractivity contribution is -0.137. The molecular formula is C29H30F2N2O3. The van der Waals surface area contributed by atoms with Crippen molar-refractivity contribution in [3.05, 3.63) is 83.2 Å². The molecule has 2 N–H and O–H groups in total. The number of aliphatic carboxylic acids is 1. The number of carboxylic acids is 1. The number of nitrogens with zero attached hydrogens (tertiary/aromatic N) is 1. The number of hydrogen-bond acceptors (Lipinski definition) is 3. The fraction of sp³-hybridized carbons (Fsp3) is 0.345. The normalized spacial score (nSPS) is 14.7. The van der Waals surface area contributed by atoms with E-state index >= 15 is 0 Å². The second-order valence-corrected chi connectivity index (χ2v) is 9.42. The molecule has 0 radical (unpaired) electrons. The molecule has 1 atom stereocenters. The highest BCUT2D eigenvalue weighted by Gasteiger charge is 2.32. The Kier molecular flexibility index (Phi) is 8.08. The number of nitrogens with one attached hydrogen (secondary N) is 1. The van der Waals surface area contributed by atoms with E-state index < -0.39 is 12.4 Å². The standard InChI is InChI=1S/C29H30F2N2O3/c1-18-19(13-14-26(34)35)7-4-8-25(18)33-29(36)27(21-5-2-3-6-21)22-11-9-20(10-12-22)23-15-24(28(30)31)17-32-16-23/h4,7-12,15-17,21,27-28H,2-3,5-6,13-14H2,1H3,(H,33,36)(H,34,35). The zero-order valence-corrected chi connectivity index (χ0v) is 20.2. The van der Waals surface area contributed by atoms with Gasteiger partial charge in [-0.25, -0.2) is 8.78 Å². The molecule has 7 heteroatoms. The topological polar surface area (TPSA) is 79.3 Å². The number of amides is 1. The second kappa shape index (κ2) is 11.4. The first kappa shape index (κ1) is 25.5. The van der Waals surface area contributed by atoms with E-state index in [1.165, 1.54) is 12.3 Å². The van der Waals surface area contributed by atoms with Crippen LogP contribution in [0.4, 0.5) is 14.5 Å². The average molecular weight is 493 g/mol. The summed E-state index contributed by atoms with van der Waals surface area (Å²) in [7, 11) is 0. The first-order valence-electron chi connectivity index (χ1n) is 12.3. The zero-order chi connectivity index (χ0) is 25.7. The molecule has 4 rings (SSSR count). The van der Waals surface area contributed by atoms with Crippen molar-refractivity contribution in [2.24, 2.45) is 5.92 Å². The van der Waals surface area contributed by atoms with Crippen molar-refractivity contribution in [2.75, 3.05) is 5.32 Å². The minimum absolute atomic E-state index is 0.0328. The van der Waals surface area contributed by atoms with Crippen molar-refractivity contribution in [1.82, 2.24) is 4.98 Å². The molecule has 1 aliphatic carbocycles. The van der Waals surface area contributed by atoms with Gasteiger partial charge in [-0.2, -0.15) is 0 Å². The van der Waals surface area contributed by atoms with Crippen LogP contribution in [0.25, 0.3) is 11.1 Å². The van der Waals surface area contributed by atoms with Gasteiger partial charge in [-0.15, -0.1) is 0 Å². The highest BCUT2D eigenvalue weighted by molar-refractivity contribution is 5.97. The maximum absolute atomic E-state index is 13.6. The molecule has 36 heavy (non-hydrogen) atoms. The quantitative estimate of drug-likeness (QED) is 0.340. The number of anilines is 1. The third kappa shape index (κ3) is 5.96. The molecule has 1 amide bonds. The van der Waals surface area contributed by atoms with Crippen LogP contribution in [0.3, 0.4) is 0 Å². The monoisotopic (exact) mass is 492 g/mol. The highest BCUT2D eigenvalue weighted by atomic mass is 19.3. The fourth-order valence-corrected chi connectivity index (χ4v) is 5.09. The van der Waals surface area contributed by atoms with Crippen LogP contribution < -0.4 is 5.32 Å². The van der Waals surface area contributed by atoms with E-state index in [-0.39, 0.29) is 29.7 Å². The summed E-state index contributed by atoms with van der Waals surface area (Å²) in [4.78, 5) is 28.5. The van der Waals surface area contributed by atoms with Gasteiger partial charge >= 0.3 is 5.97 Å². The summed E-state index contributed by atoms with van der Waals surface area (Å²) in [6.07, 6.45) is 4.69. The fourth-order valence-electron chi connectivity index (χ4n) is 5.09. The van der Waals surface area contributed by atoms with Gasteiger partial charge in [-0.05, 0) is 66.5 Å². The number of alkyl halides is 2. The minimum Gasteiger partial charge on any atom is -0.481 e. The third-order valence-corrected chi connectivity index (χ3v) is 7.08. The van der Waals surface area contributed by atoms with Gasteiger partial charge in [-0.3, -0.25) is 14.6 Å². The average Bonchev–Trinajstić information content (AvgIpc) is 3.39. The summed E-state index contributed by atoms with van der Waals surface area (Å²) in [5, 5.41) is 12.1. The second-order valence-electron chi connectivity index (χ2n) is 9.42. The summed E-state index contributed by atoms with van der Waals surface area (Å²) < 4.78 is 26.2. The van der Waals surface area contributed by atoms with E-state index in [4.69, 9.17) is 5.11 Å². The molecular weight excluding hydrogens is 462 g/mol. The Morgan fingerprint density at radius 2 is 1.75 bits per heavy atom. The van der Waals surface area contributed by atoms with Gasteiger partial charge in [0, 0.05) is 35.6 Å². The molecule has 1 aromatic heterocycles. The largest absolute Gasteiger partial charge is 0.481 e. The van der Waals surface area contributed by atoms with Gasteiger partial charge in [0.1, 0.15) is 0 Å². The van der Waals surface area contributed by atoms with Crippen molar-refractivity contribution in [1.29, 1.82) is 0 Å². The van der Waals surface area contributed by atoms with E-state index in [1.54, 1.807) is 6.20 Å². The molecule has 1 heterocycles. The van der Waals surface area contributed by atoms with Crippen molar-refractivity contribution in [3.8, 4) is 11.1 Å². The van der Waals surface area contributed by atoms with Gasteiger partial charge in [0.05, 0.1) is 5.92 Å². The van der Waals surface area contributed by atoms with Gasteiger partial charge in [0.15, 0.2) is 0 Å². The number of aromatic nitrogens is 1. The number of carbonyl (C=O) groups is 2. The molecule has 0 saturated heterocycles. The van der Waals surface area contributed by atoms with E-state index in [0.29, 0.717) is 17.7 Å². The Morgan fingerprint density at radius 1 is 1.03 bits per heavy atom.